The number of nitrogens with one attached hydrogen (secondary N) is 1. The topological polar surface area (TPSA) is 67.3 Å². The molecule has 1 atom stereocenters. The number of nitrogens with zero attached hydrogens (tertiary/aromatic N) is 3. The van der Waals surface area contributed by atoms with E-state index in [9.17, 15) is 4.39 Å². The number of hydrogen-bond acceptors (Lipinski definition) is 5. The third kappa shape index (κ3) is 3.80. The Morgan fingerprint density at radius 3 is 2.69 bits per heavy atom. The van der Waals surface area contributed by atoms with E-state index >= 15 is 0 Å². The molecule has 5 rings (SSSR count). The Labute approximate surface area is 189 Å². The van der Waals surface area contributed by atoms with Crippen molar-refractivity contribution < 1.29 is 13.3 Å². The summed E-state index contributed by atoms with van der Waals surface area (Å²) >= 11 is 5.68. The highest BCUT2D eigenvalue weighted by molar-refractivity contribution is 7.80. The highest BCUT2D eigenvalue weighted by atomic mass is 32.1. The van der Waals surface area contributed by atoms with E-state index in [1.54, 1.807) is 18.4 Å². The lowest BCUT2D eigenvalue weighted by atomic mass is 9.95. The van der Waals surface area contributed by atoms with Crippen LogP contribution in [0.1, 0.15) is 30.2 Å². The second-order valence-electron chi connectivity index (χ2n) is 7.39. The number of halogens is 1. The van der Waals surface area contributed by atoms with Crippen LogP contribution in [0, 0.1) is 5.82 Å². The zero-order valence-electron chi connectivity index (χ0n) is 17.2. The summed E-state index contributed by atoms with van der Waals surface area (Å²) in [7, 11) is 0. The van der Waals surface area contributed by atoms with Crippen molar-refractivity contribution in [2.45, 2.75) is 19.5 Å². The van der Waals surface area contributed by atoms with Gasteiger partial charge in [-0.1, -0.05) is 47.6 Å². The molecule has 32 heavy (non-hydrogen) atoms. The number of rotatable bonds is 5. The van der Waals surface area contributed by atoms with Crippen molar-refractivity contribution in [3.63, 3.8) is 0 Å². The summed E-state index contributed by atoms with van der Waals surface area (Å²) in [5.74, 6) is 1.07. The molecule has 0 aliphatic carbocycles. The maximum absolute atomic E-state index is 13.7. The lowest BCUT2D eigenvalue weighted by molar-refractivity contribution is 0.382. The highest BCUT2D eigenvalue weighted by Gasteiger charge is 2.34. The average Bonchev–Trinajstić information content (AvgIpc) is 3.49. The maximum atomic E-state index is 13.7. The fourth-order valence-corrected chi connectivity index (χ4v) is 4.10. The van der Waals surface area contributed by atoms with Crippen LogP contribution in [0.4, 0.5) is 4.39 Å². The first kappa shape index (κ1) is 20.1. The fraction of sp³-hybridized carbons (Fsp3) is 0.125. The maximum Gasteiger partial charge on any atom is 0.258 e. The quantitative estimate of drug-likeness (QED) is 0.416. The normalized spacial score (nSPS) is 16.4. The Morgan fingerprint density at radius 2 is 1.94 bits per heavy atom. The van der Waals surface area contributed by atoms with Crippen LogP contribution >= 0.6 is 12.2 Å². The van der Waals surface area contributed by atoms with E-state index in [2.05, 4.69) is 15.5 Å². The monoisotopic (exact) mass is 446 g/mol. The van der Waals surface area contributed by atoms with E-state index in [0.29, 0.717) is 28.9 Å². The Kier molecular flexibility index (Phi) is 5.28. The third-order valence-electron chi connectivity index (χ3n) is 5.36. The van der Waals surface area contributed by atoms with Gasteiger partial charge >= 0.3 is 0 Å². The summed E-state index contributed by atoms with van der Waals surface area (Å²) in [5, 5.41) is 8.07. The minimum Gasteiger partial charge on any atom is -0.467 e. The first-order valence-corrected chi connectivity index (χ1v) is 10.5. The molecule has 8 heteroatoms. The minimum atomic E-state index is -0.360. The molecule has 2 aromatic carbocycles. The molecular formula is C24H19FN4O2S. The zero-order chi connectivity index (χ0) is 22.1. The van der Waals surface area contributed by atoms with Gasteiger partial charge in [-0.3, -0.25) is 0 Å². The van der Waals surface area contributed by atoms with E-state index < -0.39 is 0 Å². The lowest BCUT2D eigenvalue weighted by Gasteiger charge is -2.37. The first-order chi connectivity index (χ1) is 15.6. The Hall–Kier alpha value is -3.78. The summed E-state index contributed by atoms with van der Waals surface area (Å²) in [4.78, 5) is 6.53. The van der Waals surface area contributed by atoms with Crippen molar-refractivity contribution in [3.8, 4) is 11.4 Å². The zero-order valence-corrected chi connectivity index (χ0v) is 18.0. The Morgan fingerprint density at radius 1 is 1.09 bits per heavy atom. The fourth-order valence-electron chi connectivity index (χ4n) is 3.78. The first-order valence-electron chi connectivity index (χ1n) is 10.1. The van der Waals surface area contributed by atoms with Crippen molar-refractivity contribution in [2.24, 2.45) is 0 Å². The number of thiocarbonyl (C=S) groups is 1. The van der Waals surface area contributed by atoms with Crippen LogP contribution in [-0.4, -0.2) is 20.2 Å². The second-order valence-corrected chi connectivity index (χ2v) is 7.78. The van der Waals surface area contributed by atoms with Crippen molar-refractivity contribution in [3.05, 3.63) is 102 Å². The van der Waals surface area contributed by atoms with Gasteiger partial charge in [-0.25, -0.2) is 4.39 Å². The molecule has 0 saturated carbocycles. The Bertz CT molecular complexity index is 1280. The molecule has 3 heterocycles. The van der Waals surface area contributed by atoms with E-state index in [0.717, 1.165) is 22.6 Å². The van der Waals surface area contributed by atoms with Gasteiger partial charge in [0.25, 0.3) is 5.89 Å². The van der Waals surface area contributed by atoms with Crippen molar-refractivity contribution in [2.75, 3.05) is 0 Å². The largest absolute Gasteiger partial charge is 0.467 e. The molecule has 0 radical (unpaired) electrons. The summed E-state index contributed by atoms with van der Waals surface area (Å²) in [6, 6.07) is 19.5. The van der Waals surface area contributed by atoms with Gasteiger partial charge < -0.3 is 19.2 Å². The smallest absolute Gasteiger partial charge is 0.258 e. The number of aromatic nitrogens is 2. The second kappa shape index (κ2) is 8.39. The van der Waals surface area contributed by atoms with Crippen LogP contribution in [0.3, 0.4) is 0 Å². The van der Waals surface area contributed by atoms with E-state index in [1.165, 1.54) is 12.1 Å². The number of benzene rings is 2. The lowest BCUT2D eigenvalue weighted by Crippen LogP contribution is -2.45. The average molecular weight is 447 g/mol. The molecule has 6 nitrogen and oxygen atoms in total. The van der Waals surface area contributed by atoms with Crippen LogP contribution in [0.25, 0.3) is 17.0 Å². The van der Waals surface area contributed by atoms with Crippen molar-refractivity contribution >= 4 is 22.9 Å². The molecule has 160 valence electrons. The molecular weight excluding hydrogens is 427 g/mol. The number of allylic oxidation sites excluding steroid dienone is 1. The summed E-state index contributed by atoms with van der Waals surface area (Å²) < 4.78 is 24.9. The van der Waals surface area contributed by atoms with Gasteiger partial charge in [0.15, 0.2) is 5.11 Å². The molecule has 0 spiro atoms. The molecule has 0 saturated heterocycles. The van der Waals surface area contributed by atoms with Crippen LogP contribution in [-0.2, 0) is 6.54 Å². The number of hydrogen-bond donors (Lipinski definition) is 1. The van der Waals surface area contributed by atoms with Gasteiger partial charge in [0.2, 0.25) is 5.82 Å². The number of furan rings is 1. The van der Waals surface area contributed by atoms with Gasteiger partial charge in [0.1, 0.15) is 11.6 Å². The summed E-state index contributed by atoms with van der Waals surface area (Å²) in [5.41, 5.74) is 3.22. The van der Waals surface area contributed by atoms with Crippen LogP contribution < -0.4 is 5.32 Å². The van der Waals surface area contributed by atoms with E-state index in [4.69, 9.17) is 21.2 Å². The third-order valence-corrected chi connectivity index (χ3v) is 5.70. The summed E-state index contributed by atoms with van der Waals surface area (Å²) in [6.07, 6.45) is 1.63. The standard InChI is InChI=1S/C24H19FN4O2S/c1-15-20(23-27-22(28-31-23)17-9-5-10-18(25)13-17)21(16-7-3-2-4-8-16)26-24(32)29(15)14-19-11-6-12-30-19/h2-13,21H,14H2,1H3,(H,26,32). The molecule has 2 aromatic heterocycles. The Balaban J connectivity index is 1.60. The molecule has 4 aromatic rings. The molecule has 1 aliphatic heterocycles. The predicted molar refractivity (Wildman–Crippen MR) is 121 cm³/mol. The molecule has 1 unspecified atom stereocenters. The molecule has 1 aliphatic rings. The van der Waals surface area contributed by atoms with Crippen LogP contribution in [0.2, 0.25) is 0 Å². The van der Waals surface area contributed by atoms with E-state index in [-0.39, 0.29) is 11.9 Å². The van der Waals surface area contributed by atoms with Gasteiger partial charge in [-0.2, -0.15) is 4.98 Å². The van der Waals surface area contributed by atoms with Gasteiger partial charge in [-0.05, 0) is 49.0 Å². The molecule has 1 N–H and O–H groups in total. The summed E-state index contributed by atoms with van der Waals surface area (Å²) in [6.45, 7) is 2.42. The van der Waals surface area contributed by atoms with E-state index in [1.807, 2.05) is 54.3 Å². The minimum absolute atomic E-state index is 0.280. The molecule has 0 bridgehead atoms. The van der Waals surface area contributed by atoms with Crippen molar-refractivity contribution in [1.29, 1.82) is 0 Å². The SMILES string of the molecule is CC1=C(c2nc(-c3cccc(F)c3)no2)C(c2ccccc2)NC(=S)N1Cc1ccco1. The molecule has 0 amide bonds. The van der Waals surface area contributed by atoms with Gasteiger partial charge in [0.05, 0.1) is 24.4 Å². The van der Waals surface area contributed by atoms with Gasteiger partial charge in [-0.15, -0.1) is 0 Å². The van der Waals surface area contributed by atoms with Crippen LogP contribution in [0.15, 0.2) is 87.6 Å². The van der Waals surface area contributed by atoms with Crippen LogP contribution in [0.5, 0.6) is 0 Å². The van der Waals surface area contributed by atoms with Crippen molar-refractivity contribution in [1.82, 2.24) is 20.4 Å². The van der Waals surface area contributed by atoms with Gasteiger partial charge in [0, 0.05) is 11.3 Å². The highest BCUT2D eigenvalue weighted by Crippen LogP contribution is 2.37. The predicted octanol–water partition coefficient (Wildman–Crippen LogP) is 5.33. The molecule has 0 fully saturated rings.